The molecule has 0 N–H and O–H groups in total. The standard InChI is InChI=1S/C16H16Cl3NO3S/c1-9(2)16(19)14(18)13(10(3)12(17)15(16)21)20-24(22,23)11-7-5-4-6-8-11/h4-9,14H,1-3H3/t14-,16-/m1/s1. The van der Waals surface area contributed by atoms with Crippen LogP contribution in [-0.2, 0) is 14.8 Å². The molecule has 2 rings (SSSR count). The minimum atomic E-state index is -4.00. The van der Waals surface area contributed by atoms with Crippen LogP contribution in [0.1, 0.15) is 20.8 Å². The van der Waals surface area contributed by atoms with Gasteiger partial charge in [0.15, 0.2) is 5.78 Å². The van der Waals surface area contributed by atoms with Crippen LogP contribution in [0, 0.1) is 5.92 Å². The number of Topliss-reactive ketones (excluding diaryl/α,β-unsaturated/α-hetero) is 1. The molecular formula is C16H16Cl3NO3S. The van der Waals surface area contributed by atoms with Gasteiger partial charge < -0.3 is 0 Å². The third-order valence-electron chi connectivity index (χ3n) is 3.97. The maximum Gasteiger partial charge on any atom is 0.282 e. The second-order valence-corrected chi connectivity index (χ2v) is 8.86. The Balaban J connectivity index is 2.67. The molecule has 0 bridgehead atoms. The van der Waals surface area contributed by atoms with Gasteiger partial charge in [-0.15, -0.1) is 23.2 Å². The lowest BCUT2D eigenvalue weighted by molar-refractivity contribution is -0.118. The highest BCUT2D eigenvalue weighted by atomic mass is 35.5. The SMILES string of the molecule is CC1=C(Cl)C(=O)[C@@](Cl)(C(C)C)[C@H](Cl)C1=NS(=O)(=O)c1ccccc1. The number of hydrogen-bond donors (Lipinski definition) is 0. The van der Waals surface area contributed by atoms with Gasteiger partial charge in [0.1, 0.15) is 10.3 Å². The number of rotatable bonds is 3. The molecule has 8 heteroatoms. The number of sulfonamides is 1. The van der Waals surface area contributed by atoms with Crippen LogP contribution in [0.15, 0.2) is 50.2 Å². The molecule has 1 aliphatic rings. The number of nitrogens with zero attached hydrogens (tertiary/aromatic N) is 1. The van der Waals surface area contributed by atoms with E-state index in [9.17, 15) is 13.2 Å². The Bertz CT molecular complexity index is 831. The predicted octanol–water partition coefficient (Wildman–Crippen LogP) is 4.15. The van der Waals surface area contributed by atoms with Gasteiger partial charge in [-0.2, -0.15) is 12.8 Å². The van der Waals surface area contributed by atoms with Crippen LogP contribution in [0.2, 0.25) is 0 Å². The van der Waals surface area contributed by atoms with Crippen molar-refractivity contribution in [1.82, 2.24) is 0 Å². The number of benzene rings is 1. The molecule has 0 fully saturated rings. The summed E-state index contributed by atoms with van der Waals surface area (Å²) in [6.07, 6.45) is 0. The van der Waals surface area contributed by atoms with Crippen LogP contribution in [-0.4, -0.2) is 30.2 Å². The molecule has 0 amide bonds. The largest absolute Gasteiger partial charge is 0.291 e. The molecule has 4 nitrogen and oxygen atoms in total. The van der Waals surface area contributed by atoms with E-state index in [2.05, 4.69) is 4.40 Å². The first-order chi connectivity index (χ1) is 11.0. The molecule has 130 valence electrons. The number of hydrogen-bond acceptors (Lipinski definition) is 3. The zero-order chi connectivity index (χ0) is 18.3. The van der Waals surface area contributed by atoms with E-state index in [1.54, 1.807) is 32.0 Å². The van der Waals surface area contributed by atoms with E-state index in [1.807, 2.05) is 0 Å². The van der Waals surface area contributed by atoms with Gasteiger partial charge in [0, 0.05) is 0 Å². The first kappa shape index (κ1) is 19.4. The van der Waals surface area contributed by atoms with E-state index in [1.165, 1.54) is 19.1 Å². The maximum atomic E-state index is 12.5. The van der Waals surface area contributed by atoms with Gasteiger partial charge in [-0.1, -0.05) is 43.6 Å². The number of carbonyl (C=O) groups excluding carboxylic acids is 1. The summed E-state index contributed by atoms with van der Waals surface area (Å²) in [6, 6.07) is 7.72. The summed E-state index contributed by atoms with van der Waals surface area (Å²) in [5.74, 6) is -0.893. The Morgan fingerprint density at radius 2 is 1.75 bits per heavy atom. The second-order valence-electron chi connectivity index (χ2n) is 5.82. The highest BCUT2D eigenvalue weighted by molar-refractivity contribution is 7.90. The number of halogens is 3. The second kappa shape index (κ2) is 6.79. The lowest BCUT2D eigenvalue weighted by Gasteiger charge is -2.38. The lowest BCUT2D eigenvalue weighted by Crippen LogP contribution is -2.53. The van der Waals surface area contributed by atoms with Crippen LogP contribution in [0.25, 0.3) is 0 Å². The molecule has 1 aromatic carbocycles. The van der Waals surface area contributed by atoms with Crippen molar-refractivity contribution in [2.75, 3.05) is 0 Å². The normalized spacial score (nSPS) is 27.2. The zero-order valence-corrected chi connectivity index (χ0v) is 16.3. The van der Waals surface area contributed by atoms with Crippen LogP contribution >= 0.6 is 34.8 Å². The Labute approximate surface area is 156 Å². The van der Waals surface area contributed by atoms with Crippen LogP contribution < -0.4 is 0 Å². The Hall–Kier alpha value is -0.880. The molecule has 0 aliphatic heterocycles. The fourth-order valence-electron chi connectivity index (χ4n) is 2.40. The van der Waals surface area contributed by atoms with Crippen LogP contribution in [0.4, 0.5) is 0 Å². The topological polar surface area (TPSA) is 63.6 Å². The van der Waals surface area contributed by atoms with Crippen molar-refractivity contribution in [3.05, 3.63) is 40.9 Å². The number of allylic oxidation sites excluding steroid dienone is 2. The van der Waals surface area contributed by atoms with Crippen molar-refractivity contribution in [1.29, 1.82) is 0 Å². The van der Waals surface area contributed by atoms with Gasteiger partial charge in [-0.25, -0.2) is 0 Å². The summed E-state index contributed by atoms with van der Waals surface area (Å²) in [4.78, 5) is 10.9. The molecule has 24 heavy (non-hydrogen) atoms. The molecule has 0 radical (unpaired) electrons. The molecular weight excluding hydrogens is 393 g/mol. The fourth-order valence-corrected chi connectivity index (χ4v) is 4.63. The third kappa shape index (κ3) is 3.15. The highest BCUT2D eigenvalue weighted by Crippen LogP contribution is 2.43. The fraction of sp³-hybridized carbons (Fsp3) is 0.375. The van der Waals surface area contributed by atoms with Crippen molar-refractivity contribution in [2.45, 2.75) is 35.9 Å². The van der Waals surface area contributed by atoms with E-state index in [0.29, 0.717) is 0 Å². The van der Waals surface area contributed by atoms with Crippen molar-refractivity contribution in [3.63, 3.8) is 0 Å². The Morgan fingerprint density at radius 3 is 2.25 bits per heavy atom. The van der Waals surface area contributed by atoms with Crippen molar-refractivity contribution >= 4 is 56.3 Å². The number of ketones is 1. The quantitative estimate of drug-likeness (QED) is 0.706. The van der Waals surface area contributed by atoms with Gasteiger partial charge in [0.2, 0.25) is 0 Å². The molecule has 1 aliphatic carbocycles. The number of carbonyl (C=O) groups is 1. The average molecular weight is 409 g/mol. The molecule has 0 unspecified atom stereocenters. The minimum Gasteiger partial charge on any atom is -0.291 e. The van der Waals surface area contributed by atoms with E-state index in [0.717, 1.165) is 0 Å². The third-order valence-corrected chi connectivity index (χ3v) is 7.22. The van der Waals surface area contributed by atoms with Crippen molar-refractivity contribution < 1.29 is 13.2 Å². The van der Waals surface area contributed by atoms with Crippen LogP contribution in [0.5, 0.6) is 0 Å². The van der Waals surface area contributed by atoms with Crippen LogP contribution in [0.3, 0.4) is 0 Å². The Morgan fingerprint density at radius 1 is 1.21 bits per heavy atom. The molecule has 0 spiro atoms. The summed E-state index contributed by atoms with van der Waals surface area (Å²) in [6.45, 7) is 4.94. The van der Waals surface area contributed by atoms with E-state index >= 15 is 0 Å². The van der Waals surface area contributed by atoms with E-state index in [-0.39, 0.29) is 27.1 Å². The zero-order valence-electron chi connectivity index (χ0n) is 13.3. The van der Waals surface area contributed by atoms with Crippen molar-refractivity contribution in [3.8, 4) is 0 Å². The predicted molar refractivity (Wildman–Crippen MR) is 97.7 cm³/mol. The van der Waals surface area contributed by atoms with Gasteiger partial charge in [0.25, 0.3) is 10.0 Å². The van der Waals surface area contributed by atoms with Gasteiger partial charge in [0.05, 0.1) is 15.6 Å². The Kier molecular flexibility index (Phi) is 5.50. The summed E-state index contributed by atoms with van der Waals surface area (Å²) in [5.41, 5.74) is 0.215. The molecule has 0 heterocycles. The molecule has 0 saturated carbocycles. The van der Waals surface area contributed by atoms with Crippen molar-refractivity contribution in [2.24, 2.45) is 10.3 Å². The molecule has 1 aromatic rings. The summed E-state index contributed by atoms with van der Waals surface area (Å²) in [5, 5.41) is -1.26. The highest BCUT2D eigenvalue weighted by Gasteiger charge is 2.53. The number of alkyl halides is 2. The minimum absolute atomic E-state index is 0.00572. The average Bonchev–Trinajstić information content (AvgIpc) is 2.55. The van der Waals surface area contributed by atoms with E-state index in [4.69, 9.17) is 34.8 Å². The molecule has 0 aromatic heterocycles. The lowest BCUT2D eigenvalue weighted by atomic mass is 9.79. The van der Waals surface area contributed by atoms with Gasteiger partial charge in [-0.05, 0) is 30.5 Å². The summed E-state index contributed by atoms with van der Waals surface area (Å²) >= 11 is 18.9. The molecule has 0 saturated heterocycles. The van der Waals surface area contributed by atoms with Gasteiger partial charge >= 0.3 is 0 Å². The smallest absolute Gasteiger partial charge is 0.282 e. The van der Waals surface area contributed by atoms with E-state index < -0.39 is 26.1 Å². The first-order valence-electron chi connectivity index (χ1n) is 7.18. The summed E-state index contributed by atoms with van der Waals surface area (Å²) < 4.78 is 28.9. The summed E-state index contributed by atoms with van der Waals surface area (Å²) in [7, 11) is -4.00. The monoisotopic (exact) mass is 407 g/mol. The first-order valence-corrected chi connectivity index (χ1v) is 9.81. The maximum absolute atomic E-state index is 12.5. The van der Waals surface area contributed by atoms with Gasteiger partial charge in [-0.3, -0.25) is 4.79 Å². The molecule has 2 atom stereocenters.